The minimum absolute atomic E-state index is 0.0182. The van der Waals surface area contributed by atoms with Crippen molar-refractivity contribution < 1.29 is 13.5 Å². The molecule has 3 rings (SSSR count). The van der Waals surface area contributed by atoms with E-state index < -0.39 is 5.82 Å². The van der Waals surface area contributed by atoms with E-state index in [1.807, 2.05) is 6.07 Å². The second kappa shape index (κ2) is 4.94. The predicted molar refractivity (Wildman–Crippen MR) is 72.9 cm³/mol. The summed E-state index contributed by atoms with van der Waals surface area (Å²) >= 11 is 3.11. The maximum atomic E-state index is 13.7. The molecule has 0 unspecified atom stereocenters. The third-order valence-corrected chi connectivity index (χ3v) is 3.06. The topological polar surface area (TPSA) is 59.0 Å². The number of pyridine rings is 1. The first kappa shape index (κ1) is 12.6. The Morgan fingerprint density at radius 2 is 2.15 bits per heavy atom. The molecule has 2 aromatic heterocycles. The van der Waals surface area contributed by atoms with Gasteiger partial charge < -0.3 is 9.15 Å². The number of fused-ring (bicyclic) bond motifs is 1. The lowest BCUT2D eigenvalue weighted by Gasteiger charge is -2.04. The van der Waals surface area contributed by atoms with E-state index in [1.165, 1.54) is 12.3 Å². The summed E-state index contributed by atoms with van der Waals surface area (Å²) in [5.74, 6) is -0.697. The Hall–Kier alpha value is -2.39. The Bertz CT molecular complexity index is 839. The lowest BCUT2D eigenvalue weighted by molar-refractivity contribution is 0.415. The van der Waals surface area contributed by atoms with Gasteiger partial charge >= 0.3 is 0 Å². The minimum Gasteiger partial charge on any atom is -0.442 e. The molecular formula is C14H6BrFN2O2. The Morgan fingerprint density at radius 1 is 1.35 bits per heavy atom. The summed E-state index contributed by atoms with van der Waals surface area (Å²) < 4.78 is 25.0. The zero-order chi connectivity index (χ0) is 14.1. The van der Waals surface area contributed by atoms with Crippen LogP contribution in [0.2, 0.25) is 0 Å². The maximum Gasteiger partial charge on any atom is 0.256 e. The van der Waals surface area contributed by atoms with Gasteiger partial charge in [0.1, 0.15) is 11.7 Å². The number of para-hydroxylation sites is 1. The number of benzene rings is 1. The van der Waals surface area contributed by atoms with Crippen molar-refractivity contribution in [2.24, 2.45) is 0 Å². The van der Waals surface area contributed by atoms with Crippen LogP contribution in [0.25, 0.3) is 11.0 Å². The molecule has 4 nitrogen and oxygen atoms in total. The number of hydrogen-bond acceptors (Lipinski definition) is 4. The lowest BCUT2D eigenvalue weighted by atomic mass is 10.2. The fourth-order valence-electron chi connectivity index (χ4n) is 1.77. The number of ether oxygens (including phenoxy) is 1. The molecule has 0 saturated carbocycles. The van der Waals surface area contributed by atoms with Crippen LogP contribution >= 0.6 is 15.9 Å². The number of furan rings is 1. The van der Waals surface area contributed by atoms with Gasteiger partial charge in [0.05, 0.1) is 5.39 Å². The van der Waals surface area contributed by atoms with Gasteiger partial charge in [0.15, 0.2) is 11.6 Å². The van der Waals surface area contributed by atoms with E-state index >= 15 is 0 Å². The summed E-state index contributed by atoms with van der Waals surface area (Å²) in [4.78, 5) is 3.84. The number of hydrogen-bond donors (Lipinski definition) is 0. The average Bonchev–Trinajstić information content (AvgIpc) is 2.80. The van der Waals surface area contributed by atoms with Gasteiger partial charge in [-0.15, -0.1) is 0 Å². The molecule has 2 heterocycles. The monoisotopic (exact) mass is 332 g/mol. The summed E-state index contributed by atoms with van der Waals surface area (Å²) in [7, 11) is 0. The Morgan fingerprint density at radius 3 is 2.90 bits per heavy atom. The second-order valence-corrected chi connectivity index (χ2v) is 4.83. The van der Waals surface area contributed by atoms with Gasteiger partial charge in [0.25, 0.3) is 5.88 Å². The highest BCUT2D eigenvalue weighted by Gasteiger charge is 2.18. The van der Waals surface area contributed by atoms with Crippen molar-refractivity contribution in [3.63, 3.8) is 0 Å². The van der Waals surface area contributed by atoms with E-state index in [4.69, 9.17) is 14.4 Å². The van der Waals surface area contributed by atoms with Crippen molar-refractivity contribution in [2.75, 3.05) is 0 Å². The molecule has 0 fully saturated rings. The molecule has 20 heavy (non-hydrogen) atoms. The molecule has 0 saturated heterocycles. The van der Waals surface area contributed by atoms with Gasteiger partial charge in [-0.2, -0.15) is 5.26 Å². The van der Waals surface area contributed by atoms with Crippen LogP contribution in [0.3, 0.4) is 0 Å². The lowest BCUT2D eigenvalue weighted by Crippen LogP contribution is -1.92. The van der Waals surface area contributed by atoms with Crippen LogP contribution in [0, 0.1) is 17.1 Å². The standard InChI is InChI=1S/C14H6BrFN2O2/c15-8-5-10(16)14(18-7-8)20-13-9-3-1-2-4-11(9)19-12(13)6-17/h1-5,7H. The molecule has 0 radical (unpaired) electrons. The summed E-state index contributed by atoms with van der Waals surface area (Å²) in [6.07, 6.45) is 1.41. The molecule has 1 aromatic carbocycles. The van der Waals surface area contributed by atoms with Crippen LogP contribution in [0.5, 0.6) is 11.6 Å². The van der Waals surface area contributed by atoms with Gasteiger partial charge in [0.2, 0.25) is 5.76 Å². The Kier molecular flexibility index (Phi) is 3.12. The zero-order valence-corrected chi connectivity index (χ0v) is 11.5. The minimum atomic E-state index is -0.631. The fourth-order valence-corrected chi connectivity index (χ4v) is 2.07. The molecule has 0 atom stereocenters. The van der Waals surface area contributed by atoms with E-state index in [-0.39, 0.29) is 17.4 Å². The SMILES string of the molecule is N#Cc1oc2ccccc2c1Oc1ncc(Br)cc1F. The smallest absolute Gasteiger partial charge is 0.256 e. The van der Waals surface area contributed by atoms with Gasteiger partial charge in [-0.25, -0.2) is 9.37 Å². The van der Waals surface area contributed by atoms with Crippen LogP contribution in [0.1, 0.15) is 5.76 Å². The molecule has 3 aromatic rings. The van der Waals surface area contributed by atoms with E-state index in [0.29, 0.717) is 15.4 Å². The van der Waals surface area contributed by atoms with Crippen molar-refractivity contribution in [1.82, 2.24) is 4.98 Å². The normalized spacial score (nSPS) is 10.4. The molecular weight excluding hydrogens is 327 g/mol. The first-order chi connectivity index (χ1) is 9.69. The molecule has 0 N–H and O–H groups in total. The maximum absolute atomic E-state index is 13.7. The van der Waals surface area contributed by atoms with E-state index in [9.17, 15) is 4.39 Å². The van der Waals surface area contributed by atoms with Crippen LogP contribution < -0.4 is 4.74 Å². The number of nitriles is 1. The van der Waals surface area contributed by atoms with E-state index in [0.717, 1.165) is 0 Å². The van der Waals surface area contributed by atoms with Crippen molar-refractivity contribution in [2.45, 2.75) is 0 Å². The van der Waals surface area contributed by atoms with Gasteiger partial charge in [0, 0.05) is 10.7 Å². The molecule has 0 aliphatic rings. The van der Waals surface area contributed by atoms with Gasteiger partial charge in [-0.1, -0.05) is 12.1 Å². The van der Waals surface area contributed by atoms with Gasteiger partial charge in [-0.05, 0) is 34.1 Å². The number of rotatable bonds is 2. The largest absolute Gasteiger partial charge is 0.442 e. The highest BCUT2D eigenvalue weighted by atomic mass is 79.9. The highest BCUT2D eigenvalue weighted by molar-refractivity contribution is 9.10. The van der Waals surface area contributed by atoms with Crippen molar-refractivity contribution in [3.05, 3.63) is 52.6 Å². The Balaban J connectivity index is 2.12. The first-order valence-corrected chi connectivity index (χ1v) is 6.39. The molecule has 0 aliphatic carbocycles. The third-order valence-electron chi connectivity index (χ3n) is 2.62. The summed E-state index contributed by atoms with van der Waals surface area (Å²) in [5.41, 5.74) is 0.497. The predicted octanol–water partition coefficient (Wildman–Crippen LogP) is 4.39. The zero-order valence-electron chi connectivity index (χ0n) is 9.93. The molecule has 0 spiro atoms. The average molecular weight is 333 g/mol. The van der Waals surface area contributed by atoms with Crippen LogP contribution in [-0.2, 0) is 0 Å². The van der Waals surface area contributed by atoms with Crippen LogP contribution in [-0.4, -0.2) is 4.98 Å². The molecule has 0 aliphatic heterocycles. The van der Waals surface area contributed by atoms with E-state index in [2.05, 4.69) is 20.9 Å². The van der Waals surface area contributed by atoms with Crippen molar-refractivity contribution >= 4 is 26.9 Å². The Labute approximate surface area is 121 Å². The molecule has 0 bridgehead atoms. The number of halogens is 2. The fraction of sp³-hybridized carbons (Fsp3) is 0. The molecule has 6 heteroatoms. The summed E-state index contributed by atoms with van der Waals surface area (Å²) in [5, 5.41) is 9.66. The molecule has 0 amide bonds. The summed E-state index contributed by atoms with van der Waals surface area (Å²) in [6, 6.07) is 10.1. The van der Waals surface area contributed by atoms with Crippen molar-refractivity contribution in [3.8, 4) is 17.7 Å². The summed E-state index contributed by atoms with van der Waals surface area (Å²) in [6.45, 7) is 0. The third kappa shape index (κ3) is 2.12. The van der Waals surface area contributed by atoms with Gasteiger partial charge in [-0.3, -0.25) is 0 Å². The van der Waals surface area contributed by atoms with Crippen LogP contribution in [0.15, 0.2) is 45.4 Å². The first-order valence-electron chi connectivity index (χ1n) is 5.59. The van der Waals surface area contributed by atoms with Crippen LogP contribution in [0.4, 0.5) is 4.39 Å². The van der Waals surface area contributed by atoms with E-state index in [1.54, 1.807) is 24.3 Å². The highest BCUT2D eigenvalue weighted by Crippen LogP contribution is 2.36. The number of aromatic nitrogens is 1. The molecule has 98 valence electrons. The van der Waals surface area contributed by atoms with Crippen molar-refractivity contribution in [1.29, 1.82) is 5.26 Å². The number of nitrogens with zero attached hydrogens (tertiary/aromatic N) is 2. The second-order valence-electron chi connectivity index (χ2n) is 3.91. The quantitative estimate of drug-likeness (QED) is 0.698.